The number of anilines is 1. The SMILES string of the molecule is Cc1sc(NC(=O)OC(C)(C)C)nc1/C(=N/OC(COc1ccc(C(N)=N[C@H]2CCCN(C(=O)O)C2)cc1)C(=O)OC(c1ccccc1)c1ccccc1)C(=O)N[C@@H]1C(=O)N(OS(=O)(=O)O)C1(C)C. The number of nitrogens with two attached hydrogens (primary N) is 1. The third kappa shape index (κ3) is 13.5. The number of nitrogens with zero attached hydrogens (tertiary/aromatic N) is 5. The number of aromatic nitrogens is 1. The number of piperidine rings is 1. The average Bonchev–Trinajstić information content (AvgIpc) is 3.65. The number of benzene rings is 3. The minimum atomic E-state index is -5.13. The van der Waals surface area contributed by atoms with E-state index in [1.54, 1.807) is 113 Å². The van der Waals surface area contributed by atoms with E-state index < -0.39 is 82.1 Å². The largest absolute Gasteiger partial charge is 0.489 e. The fourth-order valence-electron chi connectivity index (χ4n) is 7.11. The Hall–Kier alpha value is -7.15. The van der Waals surface area contributed by atoms with E-state index in [9.17, 15) is 42.0 Å². The summed E-state index contributed by atoms with van der Waals surface area (Å²) in [6, 6.07) is 22.4. The molecule has 22 nitrogen and oxygen atoms in total. The molecule has 0 bridgehead atoms. The van der Waals surface area contributed by atoms with Gasteiger partial charge >= 0.3 is 28.6 Å². The Labute approximate surface area is 401 Å². The lowest BCUT2D eigenvalue weighted by Crippen LogP contribution is -2.76. The van der Waals surface area contributed by atoms with Crippen LogP contribution in [0.15, 0.2) is 95.1 Å². The number of hydroxylamine groups is 2. The lowest BCUT2D eigenvalue weighted by atomic mass is 9.84. The van der Waals surface area contributed by atoms with Gasteiger partial charge in [-0.15, -0.1) is 15.6 Å². The Morgan fingerprint density at radius 3 is 2.19 bits per heavy atom. The Bertz CT molecular complexity index is 2650. The van der Waals surface area contributed by atoms with Crippen molar-refractivity contribution in [2.45, 2.75) is 89.8 Å². The second kappa shape index (κ2) is 21.4. The number of esters is 1. The van der Waals surface area contributed by atoms with Gasteiger partial charge in [0, 0.05) is 23.5 Å². The first-order valence-corrected chi connectivity index (χ1v) is 23.6. The van der Waals surface area contributed by atoms with Gasteiger partial charge in [0.05, 0.1) is 11.6 Å². The van der Waals surface area contributed by atoms with Crippen LogP contribution in [-0.2, 0) is 43.4 Å². The molecule has 368 valence electrons. The van der Waals surface area contributed by atoms with Gasteiger partial charge in [-0.2, -0.15) is 13.5 Å². The molecule has 0 spiro atoms. The second-order valence-electron chi connectivity index (χ2n) is 17.3. The summed E-state index contributed by atoms with van der Waals surface area (Å²) in [5.74, 6) is -2.70. The van der Waals surface area contributed by atoms with Crippen LogP contribution in [0, 0.1) is 6.92 Å². The van der Waals surface area contributed by atoms with E-state index >= 15 is 0 Å². The highest BCUT2D eigenvalue weighted by molar-refractivity contribution is 7.80. The van der Waals surface area contributed by atoms with Gasteiger partial charge in [-0.25, -0.2) is 19.4 Å². The van der Waals surface area contributed by atoms with Crippen molar-refractivity contribution in [3.63, 3.8) is 0 Å². The molecule has 1 unspecified atom stereocenters. The third-order valence-corrected chi connectivity index (χ3v) is 11.7. The highest BCUT2D eigenvalue weighted by atomic mass is 32.3. The van der Waals surface area contributed by atoms with E-state index in [0.29, 0.717) is 46.0 Å². The van der Waals surface area contributed by atoms with E-state index in [0.717, 1.165) is 11.3 Å². The van der Waals surface area contributed by atoms with Gasteiger partial charge in [-0.1, -0.05) is 65.8 Å². The molecular weight excluding hydrogens is 941 g/mol. The van der Waals surface area contributed by atoms with E-state index in [-0.39, 0.29) is 35.0 Å². The summed E-state index contributed by atoms with van der Waals surface area (Å²) >= 11 is 0.937. The summed E-state index contributed by atoms with van der Waals surface area (Å²) in [5.41, 5.74) is 4.91. The summed E-state index contributed by atoms with van der Waals surface area (Å²) in [4.78, 5) is 82.4. The number of β-lactam (4-membered cyclic amide) rings is 1. The quantitative estimate of drug-likeness (QED) is 0.0232. The van der Waals surface area contributed by atoms with E-state index in [1.807, 2.05) is 0 Å². The number of aryl methyl sites for hydroxylation is 1. The van der Waals surface area contributed by atoms with Crippen molar-refractivity contribution in [3.05, 3.63) is 112 Å². The number of amides is 4. The number of hydrogen-bond donors (Lipinski definition) is 5. The first-order chi connectivity index (χ1) is 32.5. The Balaban J connectivity index is 1.32. The zero-order chi connectivity index (χ0) is 50.3. The van der Waals surface area contributed by atoms with Gasteiger partial charge in [-0.3, -0.25) is 24.5 Å². The number of carbonyl (C=O) groups excluding carboxylic acids is 4. The second-order valence-corrected chi connectivity index (χ2v) is 19.5. The zero-order valence-electron chi connectivity index (χ0n) is 38.4. The molecule has 2 saturated heterocycles. The van der Waals surface area contributed by atoms with Gasteiger partial charge < -0.3 is 40.1 Å². The molecule has 4 aromatic rings. The number of rotatable bonds is 17. The molecule has 2 fully saturated rings. The van der Waals surface area contributed by atoms with E-state index in [2.05, 4.69) is 30.0 Å². The molecule has 6 rings (SSSR count). The van der Waals surface area contributed by atoms with Crippen LogP contribution in [0.1, 0.15) is 80.8 Å². The van der Waals surface area contributed by atoms with Gasteiger partial charge in [0.15, 0.2) is 16.9 Å². The number of carboxylic acid groups (broad SMARTS) is 1. The van der Waals surface area contributed by atoms with Gasteiger partial charge in [-0.05, 0) is 89.8 Å². The summed E-state index contributed by atoms with van der Waals surface area (Å²) < 4.78 is 54.2. The molecule has 0 aliphatic carbocycles. The number of ether oxygens (including phenoxy) is 3. The van der Waals surface area contributed by atoms with Gasteiger partial charge in [0.2, 0.25) is 0 Å². The van der Waals surface area contributed by atoms with Crippen molar-refractivity contribution < 1.29 is 65.4 Å². The van der Waals surface area contributed by atoms with Crippen LogP contribution in [0.3, 0.4) is 0 Å². The maximum atomic E-state index is 14.4. The number of hydrogen-bond acceptors (Lipinski definition) is 16. The fourth-order valence-corrected chi connectivity index (χ4v) is 8.36. The summed E-state index contributed by atoms with van der Waals surface area (Å²) in [6.07, 6.45) is -3.24. The van der Waals surface area contributed by atoms with Crippen molar-refractivity contribution >= 4 is 68.4 Å². The number of nitrogens with one attached hydrogen (secondary N) is 2. The van der Waals surface area contributed by atoms with Gasteiger partial charge in [0.25, 0.3) is 17.9 Å². The molecule has 4 amide bonds. The number of thiazole rings is 1. The fraction of sp³-hybridized carbons (Fsp3) is 0.378. The maximum Gasteiger partial charge on any atom is 0.418 e. The van der Waals surface area contributed by atoms with Crippen LogP contribution >= 0.6 is 11.3 Å². The average molecular weight is 993 g/mol. The van der Waals surface area contributed by atoms with Crippen molar-refractivity contribution in [2.75, 3.05) is 25.0 Å². The Morgan fingerprint density at radius 1 is 1.00 bits per heavy atom. The number of carbonyl (C=O) groups is 5. The number of aliphatic imine (C=N–C) groups is 1. The summed E-state index contributed by atoms with van der Waals surface area (Å²) in [5, 5.41) is 18.9. The lowest BCUT2D eigenvalue weighted by molar-refractivity contribution is -0.218. The molecule has 3 heterocycles. The molecule has 0 radical (unpaired) electrons. The molecule has 1 aromatic heterocycles. The van der Waals surface area contributed by atoms with E-state index in [1.165, 1.54) is 18.7 Å². The molecule has 24 heteroatoms. The predicted octanol–water partition coefficient (Wildman–Crippen LogP) is 4.99. The highest BCUT2D eigenvalue weighted by Crippen LogP contribution is 2.34. The van der Waals surface area contributed by atoms with Crippen LogP contribution in [-0.4, -0.2) is 124 Å². The molecule has 2 aliphatic heterocycles. The highest BCUT2D eigenvalue weighted by Gasteiger charge is 2.58. The number of oxime groups is 1. The minimum absolute atomic E-state index is 0.0204. The topological polar surface area (TPSA) is 300 Å². The Kier molecular flexibility index (Phi) is 15.9. The van der Waals surface area contributed by atoms with Crippen LogP contribution in [0.2, 0.25) is 0 Å². The first-order valence-electron chi connectivity index (χ1n) is 21.4. The summed E-state index contributed by atoms with van der Waals surface area (Å²) in [7, 11) is -5.13. The van der Waals surface area contributed by atoms with E-state index in [4.69, 9.17) is 24.8 Å². The molecule has 2 aliphatic rings. The minimum Gasteiger partial charge on any atom is -0.489 e. The normalized spacial score (nSPS) is 17.9. The zero-order valence-corrected chi connectivity index (χ0v) is 40.0. The van der Waals surface area contributed by atoms with Crippen molar-refractivity contribution in [2.24, 2.45) is 15.9 Å². The van der Waals surface area contributed by atoms with Gasteiger partial charge in [0.1, 0.15) is 35.5 Å². The molecule has 6 N–H and O–H groups in total. The first kappa shape index (κ1) is 51.2. The molecule has 69 heavy (non-hydrogen) atoms. The molecular formula is C45H52N8O14S2. The monoisotopic (exact) mass is 992 g/mol. The molecule has 3 aromatic carbocycles. The third-order valence-electron chi connectivity index (χ3n) is 10.5. The van der Waals surface area contributed by atoms with Crippen LogP contribution in [0.5, 0.6) is 5.75 Å². The summed E-state index contributed by atoms with van der Waals surface area (Å²) in [6.45, 7) is 9.32. The predicted molar refractivity (Wildman–Crippen MR) is 250 cm³/mol. The number of amidine groups is 1. The molecule has 3 atom stereocenters. The standard InChI is InChI=1S/C45H52N8O14S2/c1-26-33(48-41(68-26)50-42(57)65-44(2,3)4)34(38(54)49-36-39(55)53(45(36,5)6)67-69(60,61)62)51-66-32(40(56)64-35(27-14-9-7-10-15-27)28-16-11-8-12-17-28)25-63-31-21-19-29(20-22-31)37(46)47-30-18-13-23-52(24-30)43(58)59/h7-12,14-17,19-22,30,32,35-36H,13,18,23-25H2,1-6H3,(H2,46,47)(H,49,54)(H,58,59)(H,48,50,57)(H,60,61,62)/b51-34-/t30-,32?,36+/m0/s1. The lowest BCUT2D eigenvalue weighted by Gasteiger charge is -2.50. The number of likely N-dealkylation sites (tertiary alicyclic amines) is 1. The smallest absolute Gasteiger partial charge is 0.418 e. The maximum absolute atomic E-state index is 14.4. The van der Waals surface area contributed by atoms with Crippen LogP contribution < -0.4 is 21.1 Å². The molecule has 0 saturated carbocycles. The van der Waals surface area contributed by atoms with Crippen molar-refractivity contribution in [1.82, 2.24) is 20.3 Å². The van der Waals surface area contributed by atoms with Crippen molar-refractivity contribution in [3.8, 4) is 5.75 Å². The van der Waals surface area contributed by atoms with Crippen LogP contribution in [0.4, 0.5) is 14.7 Å². The van der Waals surface area contributed by atoms with Crippen LogP contribution in [0.25, 0.3) is 0 Å². The van der Waals surface area contributed by atoms with Crippen molar-refractivity contribution in [1.29, 1.82) is 0 Å². The Morgan fingerprint density at radius 2 is 1.62 bits per heavy atom.